The Kier molecular flexibility index (Phi) is 4.81. The van der Waals surface area contributed by atoms with Crippen LogP contribution in [0.4, 0.5) is 13.2 Å². The van der Waals surface area contributed by atoms with E-state index in [0.29, 0.717) is 4.47 Å². The summed E-state index contributed by atoms with van der Waals surface area (Å²) in [5, 5.41) is 0. The number of alkyl halides is 3. The van der Waals surface area contributed by atoms with E-state index < -0.39 is 6.36 Å². The zero-order valence-corrected chi connectivity index (χ0v) is 14.4. The van der Waals surface area contributed by atoms with Gasteiger partial charge in [-0.3, -0.25) is 0 Å². The number of halogens is 6. The molecular formula is C13H6Br3F3O. The maximum Gasteiger partial charge on any atom is 0.573 e. The molecule has 2 aromatic carbocycles. The van der Waals surface area contributed by atoms with Crippen molar-refractivity contribution in [2.24, 2.45) is 0 Å². The van der Waals surface area contributed by atoms with E-state index >= 15 is 0 Å². The molecule has 0 unspecified atom stereocenters. The number of ether oxygens (including phenoxy) is 1. The summed E-state index contributed by atoms with van der Waals surface area (Å²) in [5.74, 6) is -0.265. The van der Waals surface area contributed by atoms with Crippen LogP contribution in [0.2, 0.25) is 0 Å². The molecule has 0 saturated heterocycles. The fourth-order valence-corrected chi connectivity index (χ4v) is 3.01. The monoisotopic (exact) mass is 472 g/mol. The van der Waals surface area contributed by atoms with E-state index in [-0.39, 0.29) is 5.75 Å². The van der Waals surface area contributed by atoms with Crippen LogP contribution in [0.3, 0.4) is 0 Å². The van der Waals surface area contributed by atoms with E-state index in [1.807, 2.05) is 18.2 Å². The van der Waals surface area contributed by atoms with Gasteiger partial charge in [0.05, 0.1) is 0 Å². The Labute approximate surface area is 138 Å². The number of hydrogen-bond donors (Lipinski definition) is 0. The Balaban J connectivity index is 2.42. The molecule has 2 aromatic rings. The van der Waals surface area contributed by atoms with Gasteiger partial charge >= 0.3 is 6.36 Å². The first-order valence-electron chi connectivity index (χ1n) is 5.27. The first-order valence-corrected chi connectivity index (χ1v) is 7.65. The molecule has 0 aliphatic rings. The molecule has 0 spiro atoms. The van der Waals surface area contributed by atoms with Crippen molar-refractivity contribution in [2.75, 3.05) is 0 Å². The van der Waals surface area contributed by atoms with Gasteiger partial charge in [0, 0.05) is 13.4 Å². The third-order valence-corrected chi connectivity index (χ3v) is 4.23. The molecule has 0 aliphatic carbocycles. The minimum atomic E-state index is -4.70. The van der Waals surface area contributed by atoms with Crippen molar-refractivity contribution >= 4 is 47.8 Å². The highest BCUT2D eigenvalue weighted by Crippen LogP contribution is 2.38. The minimum Gasteiger partial charge on any atom is -0.406 e. The molecule has 20 heavy (non-hydrogen) atoms. The number of hydrogen-bond acceptors (Lipinski definition) is 1. The van der Waals surface area contributed by atoms with Crippen LogP contribution in [0, 0.1) is 0 Å². The molecule has 0 N–H and O–H groups in total. The second-order valence-electron chi connectivity index (χ2n) is 3.81. The third-order valence-electron chi connectivity index (χ3n) is 2.39. The molecule has 0 heterocycles. The zero-order chi connectivity index (χ0) is 14.9. The molecule has 0 saturated carbocycles. The van der Waals surface area contributed by atoms with Gasteiger partial charge in [-0.25, -0.2) is 0 Å². The smallest absolute Gasteiger partial charge is 0.406 e. The second-order valence-corrected chi connectivity index (χ2v) is 6.44. The topological polar surface area (TPSA) is 9.23 Å². The fourth-order valence-electron chi connectivity index (χ4n) is 1.62. The molecule has 106 valence electrons. The van der Waals surface area contributed by atoms with E-state index in [1.54, 1.807) is 6.07 Å². The van der Waals surface area contributed by atoms with Gasteiger partial charge in [-0.2, -0.15) is 0 Å². The van der Waals surface area contributed by atoms with E-state index in [4.69, 9.17) is 0 Å². The Hall–Kier alpha value is -0.530. The third kappa shape index (κ3) is 3.99. The van der Waals surface area contributed by atoms with Crippen molar-refractivity contribution < 1.29 is 17.9 Å². The SMILES string of the molecule is FC(F)(F)Oc1ccc(-c2cc(Br)ccc2Br)c(Br)c1. The molecule has 0 aliphatic heterocycles. The Morgan fingerprint density at radius 3 is 2.10 bits per heavy atom. The largest absolute Gasteiger partial charge is 0.573 e. The minimum absolute atomic E-state index is 0.265. The van der Waals surface area contributed by atoms with Gasteiger partial charge in [0.15, 0.2) is 0 Å². The van der Waals surface area contributed by atoms with Gasteiger partial charge in [0.25, 0.3) is 0 Å². The fraction of sp³-hybridized carbons (Fsp3) is 0.0769. The van der Waals surface area contributed by atoms with Crippen molar-refractivity contribution in [2.45, 2.75) is 6.36 Å². The highest BCUT2D eigenvalue weighted by molar-refractivity contribution is 9.11. The van der Waals surface area contributed by atoms with Gasteiger partial charge in [0.2, 0.25) is 0 Å². The lowest BCUT2D eigenvalue weighted by molar-refractivity contribution is -0.274. The van der Waals surface area contributed by atoms with Crippen molar-refractivity contribution in [1.82, 2.24) is 0 Å². The van der Waals surface area contributed by atoms with E-state index in [0.717, 1.165) is 20.1 Å². The predicted molar refractivity (Wildman–Crippen MR) is 81.7 cm³/mol. The molecular weight excluding hydrogens is 469 g/mol. The summed E-state index contributed by atoms with van der Waals surface area (Å²) >= 11 is 10.0. The van der Waals surface area contributed by atoms with Crippen molar-refractivity contribution in [3.63, 3.8) is 0 Å². The van der Waals surface area contributed by atoms with Crippen molar-refractivity contribution in [1.29, 1.82) is 0 Å². The van der Waals surface area contributed by atoms with Crippen molar-refractivity contribution in [3.8, 4) is 16.9 Å². The van der Waals surface area contributed by atoms with E-state index in [2.05, 4.69) is 52.5 Å². The van der Waals surface area contributed by atoms with Crippen LogP contribution in [-0.4, -0.2) is 6.36 Å². The van der Waals surface area contributed by atoms with E-state index in [9.17, 15) is 13.2 Å². The molecule has 0 amide bonds. The maximum absolute atomic E-state index is 12.2. The van der Waals surface area contributed by atoms with Crippen LogP contribution in [0.1, 0.15) is 0 Å². The molecule has 7 heteroatoms. The number of benzene rings is 2. The normalized spacial score (nSPS) is 11.5. The van der Waals surface area contributed by atoms with Crippen LogP contribution in [0.25, 0.3) is 11.1 Å². The van der Waals surface area contributed by atoms with Crippen molar-refractivity contribution in [3.05, 3.63) is 49.8 Å². The van der Waals surface area contributed by atoms with Crippen LogP contribution < -0.4 is 4.74 Å². The first-order chi connectivity index (χ1) is 9.26. The highest BCUT2D eigenvalue weighted by atomic mass is 79.9. The lowest BCUT2D eigenvalue weighted by Crippen LogP contribution is -2.17. The van der Waals surface area contributed by atoms with Gasteiger partial charge in [-0.05, 0) is 47.5 Å². The van der Waals surface area contributed by atoms with Crippen LogP contribution in [0.5, 0.6) is 5.75 Å². The summed E-state index contributed by atoms with van der Waals surface area (Å²) in [6, 6.07) is 9.72. The molecule has 2 rings (SSSR count). The summed E-state index contributed by atoms with van der Waals surface area (Å²) < 4.78 is 42.6. The molecule has 0 bridgehead atoms. The van der Waals surface area contributed by atoms with Crippen LogP contribution >= 0.6 is 47.8 Å². The maximum atomic E-state index is 12.2. The van der Waals surface area contributed by atoms with Crippen LogP contribution in [0.15, 0.2) is 49.8 Å². The summed E-state index contributed by atoms with van der Waals surface area (Å²) in [4.78, 5) is 0. The molecule has 0 radical (unpaired) electrons. The Bertz CT molecular complexity index is 641. The summed E-state index contributed by atoms with van der Waals surface area (Å²) in [6.07, 6.45) is -4.70. The molecule has 1 nitrogen and oxygen atoms in total. The van der Waals surface area contributed by atoms with Gasteiger partial charge in [-0.1, -0.05) is 47.8 Å². The van der Waals surface area contributed by atoms with Crippen LogP contribution in [-0.2, 0) is 0 Å². The Morgan fingerprint density at radius 2 is 1.50 bits per heavy atom. The first kappa shape index (κ1) is 15.9. The molecule has 0 fully saturated rings. The summed E-state index contributed by atoms with van der Waals surface area (Å²) in [7, 11) is 0. The Morgan fingerprint density at radius 1 is 0.800 bits per heavy atom. The quantitative estimate of drug-likeness (QED) is 0.480. The predicted octanol–water partition coefficient (Wildman–Crippen LogP) is 6.54. The standard InChI is InChI=1S/C13H6Br3F3O/c14-7-1-4-11(15)10(5-7)9-3-2-8(6-12(9)16)20-13(17,18)19/h1-6H. The summed E-state index contributed by atoms with van der Waals surface area (Å²) in [6.45, 7) is 0. The lowest BCUT2D eigenvalue weighted by atomic mass is 10.1. The van der Waals surface area contributed by atoms with Gasteiger partial charge in [-0.15, -0.1) is 13.2 Å². The van der Waals surface area contributed by atoms with Gasteiger partial charge < -0.3 is 4.74 Å². The molecule has 0 atom stereocenters. The van der Waals surface area contributed by atoms with Gasteiger partial charge in [0.1, 0.15) is 5.75 Å². The summed E-state index contributed by atoms with van der Waals surface area (Å²) in [5.41, 5.74) is 1.61. The number of rotatable bonds is 2. The zero-order valence-electron chi connectivity index (χ0n) is 9.64. The average molecular weight is 475 g/mol. The second kappa shape index (κ2) is 6.07. The molecule has 0 aromatic heterocycles. The van der Waals surface area contributed by atoms with E-state index in [1.165, 1.54) is 12.1 Å². The highest BCUT2D eigenvalue weighted by Gasteiger charge is 2.31. The average Bonchev–Trinajstić information content (AvgIpc) is 2.31. The lowest BCUT2D eigenvalue weighted by Gasteiger charge is -2.12.